The van der Waals surface area contributed by atoms with E-state index in [4.69, 9.17) is 14.2 Å². The molecule has 6 heteroatoms. The summed E-state index contributed by atoms with van der Waals surface area (Å²) >= 11 is 0. The minimum absolute atomic E-state index is 0.223. The fraction of sp³-hybridized carbons (Fsp3) is 0.545. The Kier molecular flexibility index (Phi) is 6.39. The van der Waals surface area contributed by atoms with E-state index in [1.165, 1.54) is 5.56 Å². The van der Waals surface area contributed by atoms with Gasteiger partial charge in [0.25, 0.3) is 5.88 Å². The van der Waals surface area contributed by atoms with Gasteiger partial charge in [-0.05, 0) is 55.9 Å². The molecule has 1 fully saturated rings. The highest BCUT2D eigenvalue weighted by Crippen LogP contribution is 2.34. The van der Waals surface area contributed by atoms with Crippen molar-refractivity contribution >= 4 is 0 Å². The van der Waals surface area contributed by atoms with Gasteiger partial charge in [0.1, 0.15) is 0 Å². The molecule has 0 aliphatic carbocycles. The van der Waals surface area contributed by atoms with Gasteiger partial charge >= 0.3 is 0 Å². The summed E-state index contributed by atoms with van der Waals surface area (Å²) < 4.78 is 16.0. The first-order valence-electron chi connectivity index (χ1n) is 9.79. The normalized spacial score (nSPS) is 20.8. The zero-order valence-electron chi connectivity index (χ0n) is 17.7. The molecule has 3 rings (SSSR count). The Morgan fingerprint density at radius 2 is 1.86 bits per heavy atom. The van der Waals surface area contributed by atoms with Crippen LogP contribution in [0.1, 0.15) is 36.8 Å². The Balaban J connectivity index is 1.71. The number of hydrogen-bond acceptors (Lipinski definition) is 6. The van der Waals surface area contributed by atoms with Crippen LogP contribution in [-0.4, -0.2) is 49.3 Å². The van der Waals surface area contributed by atoms with Crippen molar-refractivity contribution in [3.8, 4) is 17.5 Å². The number of methoxy groups -OCH3 is 3. The topological polar surface area (TPSA) is 56.7 Å². The van der Waals surface area contributed by atoms with Gasteiger partial charge in [0, 0.05) is 30.9 Å². The Bertz CT molecular complexity index is 812. The van der Waals surface area contributed by atoms with Gasteiger partial charge < -0.3 is 14.2 Å². The van der Waals surface area contributed by atoms with Crippen molar-refractivity contribution in [2.24, 2.45) is 11.8 Å². The largest absolute Gasteiger partial charge is 0.491 e. The zero-order valence-corrected chi connectivity index (χ0v) is 17.7. The van der Waals surface area contributed by atoms with Crippen molar-refractivity contribution in [2.45, 2.75) is 33.2 Å². The van der Waals surface area contributed by atoms with E-state index in [1.54, 1.807) is 21.3 Å². The van der Waals surface area contributed by atoms with E-state index >= 15 is 0 Å². The van der Waals surface area contributed by atoms with Crippen LogP contribution in [0.3, 0.4) is 0 Å². The number of aryl methyl sites for hydroxylation is 1. The molecule has 2 aromatic heterocycles. The number of ether oxygens (including phenoxy) is 3. The van der Waals surface area contributed by atoms with Crippen molar-refractivity contribution in [3.05, 3.63) is 41.2 Å². The maximum absolute atomic E-state index is 5.37. The third-order valence-electron chi connectivity index (χ3n) is 5.73. The summed E-state index contributed by atoms with van der Waals surface area (Å²) in [5.41, 5.74) is 3.30. The van der Waals surface area contributed by atoms with Crippen LogP contribution in [0.4, 0.5) is 0 Å². The predicted molar refractivity (Wildman–Crippen MR) is 109 cm³/mol. The number of aromatic nitrogens is 2. The lowest BCUT2D eigenvalue weighted by molar-refractivity contribution is 0.242. The lowest BCUT2D eigenvalue weighted by Gasteiger charge is -2.24. The molecule has 0 radical (unpaired) electrons. The van der Waals surface area contributed by atoms with Crippen molar-refractivity contribution < 1.29 is 14.2 Å². The van der Waals surface area contributed by atoms with Gasteiger partial charge in [-0.3, -0.25) is 4.90 Å². The van der Waals surface area contributed by atoms with Gasteiger partial charge in [0.05, 0.1) is 27.0 Å². The average molecular weight is 386 g/mol. The molecule has 2 unspecified atom stereocenters. The molecule has 2 aromatic rings. The highest BCUT2D eigenvalue weighted by Gasteiger charge is 2.33. The molecule has 6 nitrogen and oxygen atoms in total. The van der Waals surface area contributed by atoms with E-state index in [0.717, 1.165) is 30.9 Å². The summed E-state index contributed by atoms with van der Waals surface area (Å²) in [7, 11) is 4.92. The summed E-state index contributed by atoms with van der Waals surface area (Å²) in [6.45, 7) is 8.67. The first kappa shape index (κ1) is 20.4. The third kappa shape index (κ3) is 4.38. The number of likely N-dealkylation sites (tertiary alicyclic amines) is 1. The van der Waals surface area contributed by atoms with Gasteiger partial charge in [0.2, 0.25) is 5.88 Å². The SMILES string of the molecule is COc1cc(C[C@H]2CN(C(C)c3ccc(OC)c(OC)n3)CC2C)cc(C)n1. The van der Waals surface area contributed by atoms with E-state index in [9.17, 15) is 0 Å². The lowest BCUT2D eigenvalue weighted by Crippen LogP contribution is -2.25. The van der Waals surface area contributed by atoms with Crippen molar-refractivity contribution in [3.63, 3.8) is 0 Å². The van der Waals surface area contributed by atoms with Gasteiger partial charge in [0.15, 0.2) is 5.75 Å². The van der Waals surface area contributed by atoms with E-state index in [-0.39, 0.29) is 6.04 Å². The first-order valence-corrected chi connectivity index (χ1v) is 9.79. The van der Waals surface area contributed by atoms with Gasteiger partial charge in [-0.25, -0.2) is 9.97 Å². The molecule has 1 aliphatic heterocycles. The molecule has 0 saturated carbocycles. The first-order chi connectivity index (χ1) is 13.4. The second-order valence-electron chi connectivity index (χ2n) is 7.68. The van der Waals surface area contributed by atoms with Gasteiger partial charge in [-0.2, -0.15) is 0 Å². The summed E-state index contributed by atoms with van der Waals surface area (Å²) in [6.07, 6.45) is 1.03. The molecular formula is C22H31N3O3. The minimum atomic E-state index is 0.223. The molecule has 1 saturated heterocycles. The van der Waals surface area contributed by atoms with Crippen LogP contribution >= 0.6 is 0 Å². The smallest absolute Gasteiger partial charge is 0.257 e. The molecular weight excluding hydrogens is 354 g/mol. The Morgan fingerprint density at radius 1 is 1.07 bits per heavy atom. The maximum atomic E-state index is 5.37. The molecule has 28 heavy (non-hydrogen) atoms. The van der Waals surface area contributed by atoms with E-state index in [1.807, 2.05) is 19.1 Å². The highest BCUT2D eigenvalue weighted by atomic mass is 16.5. The Hall–Kier alpha value is -2.34. The second kappa shape index (κ2) is 8.78. The van der Waals surface area contributed by atoms with Crippen LogP contribution in [0.25, 0.3) is 0 Å². The Morgan fingerprint density at radius 3 is 2.54 bits per heavy atom. The number of rotatable bonds is 7. The van der Waals surface area contributed by atoms with Gasteiger partial charge in [-0.1, -0.05) is 6.92 Å². The Labute approximate surface area is 167 Å². The maximum Gasteiger partial charge on any atom is 0.257 e. The van der Waals surface area contributed by atoms with Crippen molar-refractivity contribution in [1.82, 2.24) is 14.9 Å². The highest BCUT2D eigenvalue weighted by molar-refractivity contribution is 5.35. The van der Waals surface area contributed by atoms with Crippen LogP contribution in [0.5, 0.6) is 17.5 Å². The van der Waals surface area contributed by atoms with E-state index < -0.39 is 0 Å². The van der Waals surface area contributed by atoms with Crippen LogP contribution in [-0.2, 0) is 6.42 Å². The number of hydrogen-bond donors (Lipinski definition) is 0. The molecule has 3 atom stereocenters. The fourth-order valence-electron chi connectivity index (χ4n) is 4.05. The van der Waals surface area contributed by atoms with Crippen molar-refractivity contribution in [2.75, 3.05) is 34.4 Å². The fourth-order valence-corrected chi connectivity index (χ4v) is 4.05. The summed E-state index contributed by atoms with van der Waals surface area (Å²) in [4.78, 5) is 11.6. The standard InChI is InChI=1S/C22H31N3O3/c1-14-12-25(16(3)19-7-8-20(26-4)22(24-19)28-6)13-18(14)10-17-9-15(2)23-21(11-17)27-5/h7-9,11,14,16,18H,10,12-13H2,1-6H3/t14?,16?,18-/m0/s1. The molecule has 0 aromatic carbocycles. The van der Waals surface area contributed by atoms with E-state index in [2.05, 4.69) is 40.8 Å². The van der Waals surface area contributed by atoms with E-state index in [0.29, 0.717) is 29.3 Å². The number of pyridine rings is 2. The van der Waals surface area contributed by atoms with Crippen LogP contribution < -0.4 is 14.2 Å². The molecule has 1 aliphatic rings. The molecule has 0 bridgehead atoms. The van der Waals surface area contributed by atoms with Crippen LogP contribution in [0, 0.1) is 18.8 Å². The van der Waals surface area contributed by atoms with Crippen LogP contribution in [0.2, 0.25) is 0 Å². The van der Waals surface area contributed by atoms with Crippen molar-refractivity contribution in [1.29, 1.82) is 0 Å². The molecule has 3 heterocycles. The second-order valence-corrected chi connectivity index (χ2v) is 7.68. The molecule has 0 amide bonds. The predicted octanol–water partition coefficient (Wildman–Crippen LogP) is 3.68. The lowest BCUT2D eigenvalue weighted by atomic mass is 9.91. The zero-order chi connectivity index (χ0) is 20.3. The summed E-state index contributed by atoms with van der Waals surface area (Å²) in [6, 6.07) is 8.40. The number of nitrogens with zero attached hydrogens (tertiary/aromatic N) is 3. The molecule has 152 valence electrons. The van der Waals surface area contributed by atoms with Crippen LogP contribution in [0.15, 0.2) is 24.3 Å². The molecule has 0 spiro atoms. The average Bonchev–Trinajstić information content (AvgIpc) is 3.06. The van der Waals surface area contributed by atoms with Gasteiger partial charge in [-0.15, -0.1) is 0 Å². The quantitative estimate of drug-likeness (QED) is 0.725. The summed E-state index contributed by atoms with van der Waals surface area (Å²) in [5, 5.41) is 0. The third-order valence-corrected chi connectivity index (χ3v) is 5.73. The monoisotopic (exact) mass is 385 g/mol. The minimum Gasteiger partial charge on any atom is -0.491 e. The summed E-state index contributed by atoms with van der Waals surface area (Å²) in [5.74, 6) is 3.10. The molecule has 0 N–H and O–H groups in total.